The number of amides is 1. The number of rotatable bonds is 1. The molecule has 0 saturated carbocycles. The summed E-state index contributed by atoms with van der Waals surface area (Å²) in [7, 11) is 0. The van der Waals surface area contributed by atoms with Gasteiger partial charge in [0, 0.05) is 19.6 Å². The molecule has 6 heteroatoms. The highest BCUT2D eigenvalue weighted by Crippen LogP contribution is 2.27. The maximum atomic E-state index is 12.1. The van der Waals surface area contributed by atoms with Crippen molar-refractivity contribution in [1.82, 2.24) is 10.2 Å². The number of ether oxygens (including phenoxy) is 1. The molecule has 1 aromatic carbocycles. The van der Waals surface area contributed by atoms with Crippen LogP contribution in [0.15, 0.2) is 18.2 Å². The van der Waals surface area contributed by atoms with Gasteiger partial charge in [0.05, 0.1) is 16.1 Å². The van der Waals surface area contributed by atoms with Crippen molar-refractivity contribution in [3.63, 3.8) is 0 Å². The standard InChI is InChI=1S/C15H20Cl2N2O2/c1-15(2,3)21-14(20)19-7-6-18-13(9-19)10-4-5-11(16)12(17)8-10/h4-5,8,13,18H,6-7,9H2,1-3H3. The summed E-state index contributed by atoms with van der Waals surface area (Å²) in [5.74, 6) is 0. The normalized spacial score (nSPS) is 19.5. The smallest absolute Gasteiger partial charge is 0.410 e. The zero-order chi connectivity index (χ0) is 15.6. The van der Waals surface area contributed by atoms with Crippen LogP contribution in [0.4, 0.5) is 4.79 Å². The number of nitrogens with one attached hydrogen (secondary N) is 1. The number of carbonyl (C=O) groups excluding carboxylic acids is 1. The summed E-state index contributed by atoms with van der Waals surface area (Å²) >= 11 is 12.0. The third-order valence-electron chi connectivity index (χ3n) is 3.17. The van der Waals surface area contributed by atoms with Crippen molar-refractivity contribution in [2.45, 2.75) is 32.4 Å². The Balaban J connectivity index is 2.06. The van der Waals surface area contributed by atoms with E-state index in [1.807, 2.05) is 32.9 Å². The van der Waals surface area contributed by atoms with Crippen LogP contribution in [-0.2, 0) is 4.74 Å². The van der Waals surface area contributed by atoms with Gasteiger partial charge >= 0.3 is 6.09 Å². The van der Waals surface area contributed by atoms with Gasteiger partial charge in [0.15, 0.2) is 0 Å². The van der Waals surface area contributed by atoms with Crippen LogP contribution in [0, 0.1) is 0 Å². The molecule has 0 spiro atoms. The Morgan fingerprint density at radius 1 is 1.33 bits per heavy atom. The number of carbonyl (C=O) groups is 1. The molecular formula is C15H20Cl2N2O2. The number of nitrogens with zero attached hydrogens (tertiary/aromatic N) is 1. The van der Waals surface area contributed by atoms with Crippen molar-refractivity contribution < 1.29 is 9.53 Å². The van der Waals surface area contributed by atoms with Gasteiger partial charge in [-0.2, -0.15) is 0 Å². The average Bonchev–Trinajstić information content (AvgIpc) is 2.40. The fraction of sp³-hybridized carbons (Fsp3) is 0.533. The molecule has 1 unspecified atom stereocenters. The molecule has 1 aliphatic heterocycles. The van der Waals surface area contributed by atoms with Crippen LogP contribution in [0.3, 0.4) is 0 Å². The topological polar surface area (TPSA) is 41.6 Å². The molecule has 116 valence electrons. The quantitative estimate of drug-likeness (QED) is 0.849. The van der Waals surface area contributed by atoms with E-state index < -0.39 is 5.60 Å². The van der Waals surface area contributed by atoms with Gasteiger partial charge < -0.3 is 15.0 Å². The van der Waals surface area contributed by atoms with Crippen molar-refractivity contribution in [1.29, 1.82) is 0 Å². The Morgan fingerprint density at radius 2 is 2.05 bits per heavy atom. The highest BCUT2D eigenvalue weighted by Gasteiger charge is 2.28. The largest absolute Gasteiger partial charge is 0.444 e. The number of hydrogen-bond donors (Lipinski definition) is 1. The van der Waals surface area contributed by atoms with Gasteiger partial charge in [-0.25, -0.2) is 4.79 Å². The van der Waals surface area contributed by atoms with Crippen molar-refractivity contribution in [3.8, 4) is 0 Å². The van der Waals surface area contributed by atoms with E-state index in [0.29, 0.717) is 29.7 Å². The lowest BCUT2D eigenvalue weighted by Crippen LogP contribution is -2.49. The van der Waals surface area contributed by atoms with Gasteiger partial charge in [-0.3, -0.25) is 0 Å². The predicted molar refractivity (Wildman–Crippen MR) is 85.0 cm³/mol. The zero-order valence-electron chi connectivity index (χ0n) is 12.5. The van der Waals surface area contributed by atoms with Crippen LogP contribution in [0.25, 0.3) is 0 Å². The van der Waals surface area contributed by atoms with E-state index in [-0.39, 0.29) is 12.1 Å². The zero-order valence-corrected chi connectivity index (χ0v) is 14.0. The summed E-state index contributed by atoms with van der Waals surface area (Å²) in [6.45, 7) is 7.49. The molecule has 1 saturated heterocycles. The van der Waals surface area contributed by atoms with Crippen molar-refractivity contribution in [2.75, 3.05) is 19.6 Å². The maximum absolute atomic E-state index is 12.1. The molecule has 0 radical (unpaired) electrons. The minimum absolute atomic E-state index is 0.0287. The maximum Gasteiger partial charge on any atom is 0.410 e. The molecule has 4 nitrogen and oxygen atoms in total. The van der Waals surface area contributed by atoms with Gasteiger partial charge in [-0.15, -0.1) is 0 Å². The van der Waals surface area contributed by atoms with Gasteiger partial charge in [0.25, 0.3) is 0 Å². The molecule has 2 rings (SSSR count). The number of halogens is 2. The molecule has 0 aromatic heterocycles. The van der Waals surface area contributed by atoms with Crippen molar-refractivity contribution in [2.24, 2.45) is 0 Å². The molecular weight excluding hydrogens is 311 g/mol. The summed E-state index contributed by atoms with van der Waals surface area (Å²) in [6.07, 6.45) is -0.283. The summed E-state index contributed by atoms with van der Waals surface area (Å²) in [5, 5.41) is 4.43. The molecule has 1 N–H and O–H groups in total. The average molecular weight is 331 g/mol. The lowest BCUT2D eigenvalue weighted by Gasteiger charge is -2.35. The van der Waals surface area contributed by atoms with Crippen molar-refractivity contribution >= 4 is 29.3 Å². The van der Waals surface area contributed by atoms with Crippen molar-refractivity contribution in [3.05, 3.63) is 33.8 Å². The van der Waals surface area contributed by atoms with E-state index in [1.54, 1.807) is 11.0 Å². The minimum Gasteiger partial charge on any atom is -0.444 e. The van der Waals surface area contributed by atoms with E-state index in [4.69, 9.17) is 27.9 Å². The first-order chi connectivity index (χ1) is 9.76. The second-order valence-corrected chi connectivity index (χ2v) is 6.92. The van der Waals surface area contributed by atoms with Crippen LogP contribution in [-0.4, -0.2) is 36.2 Å². The van der Waals surface area contributed by atoms with Crippen LogP contribution in [0.1, 0.15) is 32.4 Å². The van der Waals surface area contributed by atoms with Gasteiger partial charge in [-0.1, -0.05) is 29.3 Å². The van der Waals surface area contributed by atoms with E-state index in [0.717, 1.165) is 5.56 Å². The Kier molecular flexibility index (Phi) is 5.02. The highest BCUT2D eigenvalue weighted by atomic mass is 35.5. The first-order valence-electron chi connectivity index (χ1n) is 6.92. The lowest BCUT2D eigenvalue weighted by atomic mass is 10.0. The second kappa shape index (κ2) is 6.42. The molecule has 21 heavy (non-hydrogen) atoms. The Bertz CT molecular complexity index is 529. The molecule has 1 atom stereocenters. The fourth-order valence-corrected chi connectivity index (χ4v) is 2.50. The molecule has 0 bridgehead atoms. The van der Waals surface area contributed by atoms with Crippen LogP contribution >= 0.6 is 23.2 Å². The minimum atomic E-state index is -0.485. The van der Waals surface area contributed by atoms with Gasteiger partial charge in [0.2, 0.25) is 0 Å². The third-order valence-corrected chi connectivity index (χ3v) is 3.91. The SMILES string of the molecule is CC(C)(C)OC(=O)N1CCNC(c2ccc(Cl)c(Cl)c2)C1. The Labute approximate surface area is 135 Å². The van der Waals surface area contributed by atoms with E-state index in [1.165, 1.54) is 0 Å². The number of piperazine rings is 1. The fourth-order valence-electron chi connectivity index (χ4n) is 2.19. The molecule has 1 amide bonds. The first-order valence-corrected chi connectivity index (χ1v) is 7.68. The van der Waals surface area contributed by atoms with E-state index in [2.05, 4.69) is 5.32 Å². The highest BCUT2D eigenvalue weighted by molar-refractivity contribution is 6.42. The van der Waals surface area contributed by atoms with E-state index in [9.17, 15) is 4.79 Å². The third kappa shape index (κ3) is 4.50. The molecule has 1 aliphatic rings. The summed E-state index contributed by atoms with van der Waals surface area (Å²) in [4.78, 5) is 13.9. The molecule has 0 aliphatic carbocycles. The summed E-state index contributed by atoms with van der Waals surface area (Å²) in [6, 6.07) is 5.55. The van der Waals surface area contributed by atoms with E-state index >= 15 is 0 Å². The monoisotopic (exact) mass is 330 g/mol. The molecule has 1 fully saturated rings. The second-order valence-electron chi connectivity index (χ2n) is 6.11. The summed E-state index contributed by atoms with van der Waals surface area (Å²) in [5.41, 5.74) is 0.527. The number of benzene rings is 1. The predicted octanol–water partition coefficient (Wildman–Crippen LogP) is 3.87. The molecule has 1 heterocycles. The van der Waals surface area contributed by atoms with Crippen LogP contribution < -0.4 is 5.32 Å². The van der Waals surface area contributed by atoms with Gasteiger partial charge in [-0.05, 0) is 38.5 Å². The molecule has 1 aromatic rings. The Morgan fingerprint density at radius 3 is 2.67 bits per heavy atom. The number of hydrogen-bond acceptors (Lipinski definition) is 3. The lowest BCUT2D eigenvalue weighted by molar-refractivity contribution is 0.0195. The van der Waals surface area contributed by atoms with Crippen LogP contribution in [0.5, 0.6) is 0 Å². The van der Waals surface area contributed by atoms with Gasteiger partial charge in [0.1, 0.15) is 5.60 Å². The Hall–Kier alpha value is -0.970. The van der Waals surface area contributed by atoms with Crippen LogP contribution in [0.2, 0.25) is 10.0 Å². The summed E-state index contributed by atoms with van der Waals surface area (Å²) < 4.78 is 5.42. The first kappa shape index (κ1) is 16.4.